The van der Waals surface area contributed by atoms with E-state index in [0.717, 1.165) is 69.6 Å². The van der Waals surface area contributed by atoms with Gasteiger partial charge in [0.1, 0.15) is 13.2 Å². The predicted octanol–water partition coefficient (Wildman–Crippen LogP) is 16.1. The molecule has 0 N–H and O–H groups in total. The molecule has 6 heteroatoms. The SMILES string of the molecule is CCCCCCCCCCCCCCCCCCCC(=O)O[C@@H](COC(=O)CCCCCCCCCCCC(C)C)COC(=O)CCCCCCCCC(C)CC. The maximum absolute atomic E-state index is 12.8. The van der Waals surface area contributed by atoms with Gasteiger partial charge >= 0.3 is 17.9 Å². The van der Waals surface area contributed by atoms with Crippen molar-refractivity contribution in [3.05, 3.63) is 0 Å². The Labute approximate surface area is 355 Å². The van der Waals surface area contributed by atoms with Crippen molar-refractivity contribution in [2.45, 2.75) is 285 Å². The van der Waals surface area contributed by atoms with Gasteiger partial charge in [0.05, 0.1) is 0 Å². The van der Waals surface area contributed by atoms with Gasteiger partial charge < -0.3 is 14.2 Å². The first kappa shape index (κ1) is 55.4. The minimum atomic E-state index is -0.762. The van der Waals surface area contributed by atoms with E-state index in [0.29, 0.717) is 19.3 Å². The van der Waals surface area contributed by atoms with Gasteiger partial charge in [-0.15, -0.1) is 0 Å². The van der Waals surface area contributed by atoms with Crippen LogP contribution < -0.4 is 0 Å². The molecular weight excluding hydrogens is 709 g/mol. The molecular formula is C51H98O6. The number of esters is 3. The van der Waals surface area contributed by atoms with E-state index in [4.69, 9.17) is 14.2 Å². The van der Waals surface area contributed by atoms with Gasteiger partial charge in [-0.2, -0.15) is 0 Å². The number of unbranched alkanes of at least 4 members (excludes halogenated alkanes) is 29. The van der Waals surface area contributed by atoms with Crippen LogP contribution in [0.1, 0.15) is 279 Å². The molecule has 0 saturated carbocycles. The summed E-state index contributed by atoms with van der Waals surface area (Å²) in [6.45, 7) is 11.3. The van der Waals surface area contributed by atoms with Gasteiger partial charge in [0.15, 0.2) is 6.10 Å². The Balaban J connectivity index is 4.29. The molecule has 0 heterocycles. The predicted molar refractivity (Wildman–Crippen MR) is 243 cm³/mol. The van der Waals surface area contributed by atoms with Crippen molar-refractivity contribution in [2.75, 3.05) is 13.2 Å². The molecule has 0 amide bonds. The lowest BCUT2D eigenvalue weighted by molar-refractivity contribution is -0.167. The zero-order valence-electron chi connectivity index (χ0n) is 39.0. The van der Waals surface area contributed by atoms with Crippen LogP contribution in [0.2, 0.25) is 0 Å². The van der Waals surface area contributed by atoms with Crippen molar-refractivity contribution in [3.8, 4) is 0 Å². The van der Waals surface area contributed by atoms with E-state index in [2.05, 4.69) is 34.6 Å². The van der Waals surface area contributed by atoms with Crippen LogP contribution in [0.15, 0.2) is 0 Å². The van der Waals surface area contributed by atoms with Crippen LogP contribution in [0.25, 0.3) is 0 Å². The Hall–Kier alpha value is -1.59. The molecule has 0 spiro atoms. The minimum Gasteiger partial charge on any atom is -0.462 e. The maximum Gasteiger partial charge on any atom is 0.306 e. The summed E-state index contributed by atoms with van der Waals surface area (Å²) in [6.07, 6.45) is 43.8. The molecule has 338 valence electrons. The van der Waals surface area contributed by atoms with E-state index in [1.165, 1.54) is 167 Å². The molecule has 0 saturated heterocycles. The van der Waals surface area contributed by atoms with Gasteiger partial charge in [0.2, 0.25) is 0 Å². The highest BCUT2D eigenvalue weighted by Crippen LogP contribution is 2.17. The lowest BCUT2D eigenvalue weighted by Gasteiger charge is -2.18. The molecule has 0 rings (SSSR count). The van der Waals surface area contributed by atoms with E-state index in [1.807, 2.05) is 0 Å². The standard InChI is InChI=1S/C51H98O6/c1-6-8-9-10-11-12-13-14-15-16-17-18-19-22-26-33-38-43-51(54)57-48(45-56-50(53)42-37-32-28-27-30-35-40-47(5)7-2)44-55-49(52)41-36-31-25-23-20-21-24-29-34-39-46(3)4/h46-48H,6-45H2,1-5H3/t47?,48-/m0/s1. The number of hydrogen-bond acceptors (Lipinski definition) is 6. The molecule has 0 aliphatic heterocycles. The minimum absolute atomic E-state index is 0.0651. The molecule has 0 aromatic carbocycles. The van der Waals surface area contributed by atoms with Crippen molar-refractivity contribution in [1.82, 2.24) is 0 Å². The van der Waals surface area contributed by atoms with Crippen molar-refractivity contribution >= 4 is 17.9 Å². The van der Waals surface area contributed by atoms with Gasteiger partial charge in [0.25, 0.3) is 0 Å². The second-order valence-corrected chi connectivity index (χ2v) is 18.2. The molecule has 0 aliphatic carbocycles. The summed E-state index contributed by atoms with van der Waals surface area (Å²) in [5.74, 6) is 0.768. The third-order valence-electron chi connectivity index (χ3n) is 11.8. The summed E-state index contributed by atoms with van der Waals surface area (Å²) < 4.78 is 16.8. The summed E-state index contributed by atoms with van der Waals surface area (Å²) in [6, 6.07) is 0. The topological polar surface area (TPSA) is 78.9 Å². The third-order valence-corrected chi connectivity index (χ3v) is 11.8. The van der Waals surface area contributed by atoms with Gasteiger partial charge in [-0.3, -0.25) is 14.4 Å². The highest BCUT2D eigenvalue weighted by Gasteiger charge is 2.19. The van der Waals surface area contributed by atoms with E-state index < -0.39 is 6.10 Å². The molecule has 57 heavy (non-hydrogen) atoms. The van der Waals surface area contributed by atoms with Crippen LogP contribution in [-0.4, -0.2) is 37.2 Å². The smallest absolute Gasteiger partial charge is 0.306 e. The van der Waals surface area contributed by atoms with Crippen LogP contribution in [-0.2, 0) is 28.6 Å². The highest BCUT2D eigenvalue weighted by atomic mass is 16.6. The van der Waals surface area contributed by atoms with Gasteiger partial charge in [-0.25, -0.2) is 0 Å². The Bertz CT molecular complexity index is 872. The molecule has 1 unspecified atom stereocenters. The average molecular weight is 807 g/mol. The molecule has 2 atom stereocenters. The molecule has 0 fully saturated rings. The van der Waals surface area contributed by atoms with Crippen molar-refractivity contribution in [2.24, 2.45) is 11.8 Å². The Morgan fingerprint density at radius 1 is 0.368 bits per heavy atom. The summed E-state index contributed by atoms with van der Waals surface area (Å²) in [4.78, 5) is 37.8. The van der Waals surface area contributed by atoms with Gasteiger partial charge in [-0.1, -0.05) is 240 Å². The number of carbonyl (C=O) groups is 3. The fraction of sp³-hybridized carbons (Fsp3) is 0.941. The first-order valence-corrected chi connectivity index (χ1v) is 25.3. The number of rotatable bonds is 45. The van der Waals surface area contributed by atoms with Crippen LogP contribution in [0.4, 0.5) is 0 Å². The largest absolute Gasteiger partial charge is 0.462 e. The normalized spacial score (nSPS) is 12.5. The first-order valence-electron chi connectivity index (χ1n) is 25.3. The summed E-state index contributed by atoms with van der Waals surface area (Å²) >= 11 is 0. The molecule has 0 bridgehead atoms. The number of ether oxygens (including phenoxy) is 3. The maximum atomic E-state index is 12.8. The zero-order valence-corrected chi connectivity index (χ0v) is 39.0. The number of carbonyl (C=O) groups excluding carboxylic acids is 3. The Kier molecular flexibility index (Phi) is 42.7. The summed E-state index contributed by atoms with van der Waals surface area (Å²) in [5, 5.41) is 0. The lowest BCUT2D eigenvalue weighted by Crippen LogP contribution is -2.30. The Morgan fingerprint density at radius 3 is 1.00 bits per heavy atom. The second kappa shape index (κ2) is 44.0. The third kappa shape index (κ3) is 43.8. The van der Waals surface area contributed by atoms with E-state index >= 15 is 0 Å². The van der Waals surface area contributed by atoms with Crippen molar-refractivity contribution in [1.29, 1.82) is 0 Å². The summed E-state index contributed by atoms with van der Waals surface area (Å²) in [5.41, 5.74) is 0. The monoisotopic (exact) mass is 807 g/mol. The van der Waals surface area contributed by atoms with Gasteiger partial charge in [-0.05, 0) is 31.1 Å². The molecule has 0 radical (unpaired) electrons. The highest BCUT2D eigenvalue weighted by molar-refractivity contribution is 5.71. The van der Waals surface area contributed by atoms with E-state index in [9.17, 15) is 14.4 Å². The molecule has 0 aromatic rings. The summed E-state index contributed by atoms with van der Waals surface area (Å²) in [7, 11) is 0. The van der Waals surface area contributed by atoms with Crippen LogP contribution in [0, 0.1) is 11.8 Å². The number of hydrogen-bond donors (Lipinski definition) is 0. The fourth-order valence-corrected chi connectivity index (χ4v) is 7.60. The van der Waals surface area contributed by atoms with Gasteiger partial charge in [0, 0.05) is 19.3 Å². The van der Waals surface area contributed by atoms with E-state index in [1.54, 1.807) is 0 Å². The molecule has 0 aromatic heterocycles. The Morgan fingerprint density at radius 2 is 0.667 bits per heavy atom. The first-order chi connectivity index (χ1) is 27.8. The average Bonchev–Trinajstić information content (AvgIpc) is 3.19. The quantitative estimate of drug-likeness (QED) is 0.0346. The molecule has 6 nitrogen and oxygen atoms in total. The fourth-order valence-electron chi connectivity index (χ4n) is 7.60. The van der Waals surface area contributed by atoms with Crippen molar-refractivity contribution in [3.63, 3.8) is 0 Å². The zero-order chi connectivity index (χ0) is 41.9. The van der Waals surface area contributed by atoms with Crippen LogP contribution in [0.5, 0.6) is 0 Å². The second-order valence-electron chi connectivity index (χ2n) is 18.2. The van der Waals surface area contributed by atoms with Crippen LogP contribution in [0.3, 0.4) is 0 Å². The molecule has 0 aliphatic rings. The van der Waals surface area contributed by atoms with Crippen LogP contribution >= 0.6 is 0 Å². The van der Waals surface area contributed by atoms with E-state index in [-0.39, 0.29) is 31.1 Å². The lowest BCUT2D eigenvalue weighted by atomic mass is 10.00. The van der Waals surface area contributed by atoms with Crippen molar-refractivity contribution < 1.29 is 28.6 Å².